The van der Waals surface area contributed by atoms with E-state index in [1.165, 1.54) is 70.3 Å². The van der Waals surface area contributed by atoms with Gasteiger partial charge in [-0.2, -0.15) is 65.9 Å². The molecule has 35 heteroatoms. The number of sulfonamides is 1. The lowest BCUT2D eigenvalue weighted by Crippen LogP contribution is -2.62. The number of halogens is 15. The Morgan fingerprint density at radius 1 is 0.438 bits per heavy atom. The number of aliphatic hydroxyl groups excluding tert-OH is 1. The van der Waals surface area contributed by atoms with E-state index in [4.69, 9.17) is 42.4 Å². The summed E-state index contributed by atoms with van der Waals surface area (Å²) in [5.41, 5.74) is -14.8. The standard InChI is InChI=1S/C13H24O3Si.C12H14O4.C12H18O2.C11H12F6O.C10H10F6O.C10H12O2.C10H16O.C8H10F3NO2S.2C8H12.C7H10O/c1-4-14-17(15-5-2,16-6-3)13-10-11-7-8-12(13)9-11;13-11-5-9(6-15-11)16-12(14)10-4-7-1-2-8(10)3-7;1-12(2,3)14-11(13)10-7-8-4-5-9(10)6-8;12-10(13,14)9(18,11(15,16)17)5-8-4-6-1-2-7(8)3-6;11-9(12,13)8(17,10(14,15)16)7-4-5-1-2-6(7)3-5;11-9-10(3-4-12-9)6-7-1-2-8(10)5-7;1-10(2,11)9-6-7-3-4-8(9)5-7;9-8(10,11)15(13,14)12-7-4-5-1-2-6(7)3-5;2*1-6-4-7-2-3-8(6)5-7;8-7-4-5-1-2-6(7)3-5/h7-8,11-13H,4-6,9-10H2,1-3H3;1-2,7-10H,3-6H2;4-5,8-10H,6-7H2,1-3H3;1-2,6-8,18H,3-5H2;1-2,5-7,17H,3-4H2;1-2,7-8H,3-6H2;3-4,7-9,11H,5-6H2,1-2H3;1-2,5-7,12H,3-4H2;2*2-3,6-8H,4-5H2,1H3;1-2,5-8H,3-4H2. The molecular weight excluding hydrogens is 1940 g/mol. The van der Waals surface area contributed by atoms with Crippen LogP contribution in [0, 0.1) is 177 Å². The van der Waals surface area contributed by atoms with Crippen molar-refractivity contribution in [1.29, 1.82) is 0 Å². The molecule has 5 N–H and O–H groups in total. The predicted octanol–water partition coefficient (Wildman–Crippen LogP) is 23.4. The minimum atomic E-state index is -5.70. The number of hydrogen-bond acceptors (Lipinski definition) is 17. The normalized spacial score (nSPS) is 39.0. The molecule has 18 nitrogen and oxygen atoms in total. The van der Waals surface area contributed by atoms with E-state index in [9.17, 15) is 104 Å². The Kier molecular flexibility index (Phi) is 35.4. The smallest absolute Gasteiger partial charge is 0.465 e. The van der Waals surface area contributed by atoms with Gasteiger partial charge in [0, 0.05) is 43.2 Å². The highest BCUT2D eigenvalue weighted by molar-refractivity contribution is 7.90. The van der Waals surface area contributed by atoms with Crippen LogP contribution in [0.5, 0.6) is 0 Å². The highest BCUT2D eigenvalue weighted by Crippen LogP contribution is 2.62. The average Bonchev–Trinajstić information content (AvgIpc) is 1.58. The fraction of sp³-hybridized carbons (Fsp3) is 0.761. The summed E-state index contributed by atoms with van der Waals surface area (Å²) in [5, 5.41) is 37.3. The van der Waals surface area contributed by atoms with Gasteiger partial charge in [0.25, 0.3) is 11.2 Å². The van der Waals surface area contributed by atoms with Crippen LogP contribution in [-0.4, -0.2) is 165 Å². The summed E-state index contributed by atoms with van der Waals surface area (Å²) in [5.74, 6) is 9.57. The molecule has 144 heavy (non-hydrogen) atoms. The first-order valence-corrected chi connectivity index (χ1v) is 56.0. The number of rotatable bonds is 16. The lowest BCUT2D eigenvalue weighted by atomic mass is 9.75. The Labute approximate surface area is 839 Å². The van der Waals surface area contributed by atoms with Gasteiger partial charge >= 0.3 is 72.9 Å². The van der Waals surface area contributed by atoms with Gasteiger partial charge in [-0.15, -0.1) is 0 Å². The van der Waals surface area contributed by atoms with Crippen molar-refractivity contribution in [2.75, 3.05) is 33.0 Å². The quantitative estimate of drug-likeness (QED) is 0.0316. The first kappa shape index (κ1) is 113. The molecule has 1 spiro atoms. The van der Waals surface area contributed by atoms with E-state index in [0.717, 1.165) is 105 Å². The van der Waals surface area contributed by atoms with Gasteiger partial charge in [-0.1, -0.05) is 148 Å². The zero-order valence-electron chi connectivity index (χ0n) is 84.1. The van der Waals surface area contributed by atoms with Gasteiger partial charge in [-0.25, -0.2) is 13.1 Å². The van der Waals surface area contributed by atoms with E-state index in [1.54, 1.807) is 23.0 Å². The number of cyclic esters (lactones) is 2. The Balaban J connectivity index is 0.000000127. The topological polar surface area (TPSA) is 260 Å². The first-order valence-electron chi connectivity index (χ1n) is 52.7. The van der Waals surface area contributed by atoms with E-state index >= 15 is 0 Å². The van der Waals surface area contributed by atoms with Crippen molar-refractivity contribution in [3.05, 3.63) is 134 Å². The molecular formula is C109H150F15NO17SSi. The van der Waals surface area contributed by atoms with Gasteiger partial charge in [0.05, 0.1) is 42.0 Å². The van der Waals surface area contributed by atoms with Gasteiger partial charge in [0.15, 0.2) is 0 Å². The van der Waals surface area contributed by atoms with Crippen LogP contribution in [0.25, 0.3) is 0 Å². The number of carbonyl (C=O) groups excluding carboxylic acids is 4. The molecule has 2 heterocycles. The molecule has 0 aromatic carbocycles. The van der Waals surface area contributed by atoms with Crippen LogP contribution in [0.2, 0.25) is 5.54 Å². The maximum absolute atomic E-state index is 12.6. The molecule has 22 aliphatic carbocycles. The summed E-state index contributed by atoms with van der Waals surface area (Å²) in [6, 6.07) is -0.591. The average molecular weight is 2090 g/mol. The van der Waals surface area contributed by atoms with Crippen LogP contribution in [-0.2, 0) is 61.4 Å². The summed E-state index contributed by atoms with van der Waals surface area (Å²) < 4.78 is 249. The molecule has 0 radical (unpaired) electrons. The number of carbonyl (C=O) groups is 4. The minimum Gasteiger partial charge on any atom is -0.465 e. The molecule has 808 valence electrons. The Morgan fingerprint density at radius 3 is 1.12 bits per heavy atom. The molecule has 2 aliphatic heterocycles. The Morgan fingerprint density at radius 2 is 0.840 bits per heavy atom. The third-order valence-electron chi connectivity index (χ3n) is 35.3. The fourth-order valence-corrected chi connectivity index (χ4v) is 32.2. The lowest BCUT2D eigenvalue weighted by Gasteiger charge is -2.39. The largest absolute Gasteiger partial charge is 0.511 e. The van der Waals surface area contributed by atoms with Gasteiger partial charge < -0.3 is 52.7 Å². The van der Waals surface area contributed by atoms with Crippen LogP contribution in [0.15, 0.2) is 134 Å². The summed E-state index contributed by atoms with van der Waals surface area (Å²) in [7, 11) is -7.65. The highest BCUT2D eigenvalue weighted by atomic mass is 32.2. The first-order chi connectivity index (χ1) is 67.3. The second kappa shape index (κ2) is 45.0. The molecule has 0 aromatic heterocycles. The molecule has 34 atom stereocenters. The maximum Gasteiger partial charge on any atom is 0.511 e. The van der Waals surface area contributed by atoms with Gasteiger partial charge in [-0.05, 0) is 357 Å². The van der Waals surface area contributed by atoms with Gasteiger partial charge in [0.2, 0.25) is 0 Å². The van der Waals surface area contributed by atoms with Crippen LogP contribution in [0.1, 0.15) is 230 Å². The van der Waals surface area contributed by atoms with Crippen LogP contribution < -0.4 is 4.72 Å². The number of aliphatic hydroxyl groups is 4. The van der Waals surface area contributed by atoms with E-state index in [1.807, 2.05) is 67.5 Å². The summed E-state index contributed by atoms with van der Waals surface area (Å²) in [4.78, 5) is 46.1. The van der Waals surface area contributed by atoms with Crippen molar-refractivity contribution in [1.82, 2.24) is 4.72 Å². The molecule has 24 aliphatic rings. The summed E-state index contributed by atoms with van der Waals surface area (Å²) >= 11 is 0. The zero-order chi connectivity index (χ0) is 105. The Hall–Kier alpha value is -6.18. The number of alkyl halides is 15. The van der Waals surface area contributed by atoms with E-state index in [2.05, 4.69) is 111 Å². The number of allylic oxidation sites excluding steroid dienone is 20. The highest BCUT2D eigenvalue weighted by Gasteiger charge is 2.76. The second-order valence-electron chi connectivity index (χ2n) is 46.9. The van der Waals surface area contributed by atoms with E-state index in [0.29, 0.717) is 104 Å². The molecule has 13 fully saturated rings. The second-order valence-corrected chi connectivity index (χ2v) is 51.4. The number of fused-ring (bicyclic) bond motifs is 23. The third kappa shape index (κ3) is 26.1. The SMILES string of the molecule is CC(C)(C)OC(=O)C1CC2C=CC1C2.CC(C)(O)C1CC2C=CC1C2.CC1CC2C=CC1C2.CC1CC2C=CC1C2.CCO[Si](OCC)(OCC)C1CC2C=CC1C2.O=C1CC(OC(=O)C2CC3C=CC2C3)CO1.O=C1OCCC12CC1C=CC2C1.O=S(=O)(NC1CC2C=CC1C2)C(F)(F)F.OC(C1CC2C=CC1C2)(C(F)(F)F)C(F)(F)F.OC(CC1CC2C=CC1C2)(C(F)(F)F)C(F)(F)F.OC1CC2C=CC1C2. The van der Waals surface area contributed by atoms with Crippen molar-refractivity contribution >= 4 is 42.7 Å². The van der Waals surface area contributed by atoms with Crippen molar-refractivity contribution in [3.8, 4) is 0 Å². The third-order valence-corrected chi connectivity index (χ3v) is 40.1. The summed E-state index contributed by atoms with van der Waals surface area (Å²) in [6.07, 6.45) is 44.9. The monoisotopic (exact) mass is 2090 g/mol. The maximum atomic E-state index is 12.6. The molecule has 11 saturated carbocycles. The fourth-order valence-electron chi connectivity index (χ4n) is 28.0. The van der Waals surface area contributed by atoms with E-state index in [-0.39, 0.29) is 121 Å². The molecule has 24 rings (SSSR count). The molecule has 2 saturated heterocycles. The summed E-state index contributed by atoms with van der Waals surface area (Å²) in [6.45, 7) is 23.4. The number of hydrogen-bond donors (Lipinski definition) is 5. The number of esters is 4. The van der Waals surface area contributed by atoms with Crippen molar-refractivity contribution in [2.45, 2.75) is 306 Å². The lowest BCUT2D eigenvalue weighted by molar-refractivity contribution is -0.387. The Bertz CT molecular complexity index is 4770. The van der Waals surface area contributed by atoms with Crippen LogP contribution in [0.4, 0.5) is 65.9 Å². The van der Waals surface area contributed by atoms with Gasteiger partial charge in [0.1, 0.15) is 18.3 Å². The van der Waals surface area contributed by atoms with Crippen LogP contribution in [0.3, 0.4) is 0 Å². The molecule has 34 unspecified atom stereocenters. The molecule has 22 bridgehead atoms. The number of ether oxygens (including phenoxy) is 4. The zero-order valence-corrected chi connectivity index (χ0v) is 86.0. The van der Waals surface area contributed by atoms with Crippen molar-refractivity contribution in [2.24, 2.45) is 177 Å². The van der Waals surface area contributed by atoms with E-state index < -0.39 is 96.1 Å². The molecule has 0 aromatic rings. The minimum absolute atomic E-state index is 0.00523. The van der Waals surface area contributed by atoms with Crippen LogP contribution >= 0.6 is 0 Å². The van der Waals surface area contributed by atoms with Gasteiger partial charge in [-0.3, -0.25) is 19.2 Å². The predicted molar refractivity (Wildman–Crippen MR) is 511 cm³/mol. The van der Waals surface area contributed by atoms with Crippen molar-refractivity contribution < 1.29 is 146 Å². The molecule has 0 amide bonds. The van der Waals surface area contributed by atoms with Crippen molar-refractivity contribution in [3.63, 3.8) is 0 Å². The number of nitrogens with one attached hydrogen (secondary N) is 1.